The molecule has 0 fully saturated rings. The minimum atomic E-state index is -3.55. The summed E-state index contributed by atoms with van der Waals surface area (Å²) in [5.41, 5.74) is 0.240. The summed E-state index contributed by atoms with van der Waals surface area (Å²) in [5.74, 6) is 0.387. The lowest BCUT2D eigenvalue weighted by Crippen LogP contribution is -2.30. The number of benzene rings is 1. The Hall–Kier alpha value is -0.595. The zero-order chi connectivity index (χ0) is 12.9. The van der Waals surface area contributed by atoms with Gasteiger partial charge in [0, 0.05) is 12.4 Å². The van der Waals surface area contributed by atoms with Crippen molar-refractivity contribution in [1.82, 2.24) is 4.72 Å². The SMILES string of the molecule is O=S(=O)(NCCCCl)c1ccc(B(O)O)cc1. The smallest absolute Gasteiger partial charge is 0.423 e. The standard InChI is InChI=1S/C9H13BClNO4S/c11-6-1-7-12-17(15,16)9-4-2-8(3-5-9)10(13)14/h2-5,12-14H,1,6-7H2. The van der Waals surface area contributed by atoms with Gasteiger partial charge < -0.3 is 10.0 Å². The predicted molar refractivity (Wildman–Crippen MR) is 66.8 cm³/mol. The number of hydrogen-bond acceptors (Lipinski definition) is 4. The van der Waals surface area contributed by atoms with Gasteiger partial charge in [-0.25, -0.2) is 13.1 Å². The molecule has 0 atom stereocenters. The average molecular weight is 278 g/mol. The fraction of sp³-hybridized carbons (Fsp3) is 0.333. The highest BCUT2D eigenvalue weighted by molar-refractivity contribution is 7.89. The molecule has 1 aromatic rings. The molecule has 0 unspecified atom stereocenters. The van der Waals surface area contributed by atoms with Crippen LogP contribution in [0.5, 0.6) is 0 Å². The summed E-state index contributed by atoms with van der Waals surface area (Å²) in [6, 6.07) is 5.33. The van der Waals surface area contributed by atoms with E-state index in [-0.39, 0.29) is 16.9 Å². The third-order valence-corrected chi connectivity index (χ3v) is 3.84. The van der Waals surface area contributed by atoms with Crippen LogP contribution in [0, 0.1) is 0 Å². The van der Waals surface area contributed by atoms with Crippen molar-refractivity contribution in [3.8, 4) is 0 Å². The second-order valence-electron chi connectivity index (χ2n) is 3.38. The summed E-state index contributed by atoms with van der Waals surface area (Å²) >= 11 is 5.44. The van der Waals surface area contributed by atoms with Crippen molar-refractivity contribution in [2.75, 3.05) is 12.4 Å². The number of sulfonamides is 1. The quantitative estimate of drug-likeness (QED) is 0.364. The van der Waals surface area contributed by atoms with Crippen molar-refractivity contribution >= 4 is 34.2 Å². The van der Waals surface area contributed by atoms with E-state index in [0.29, 0.717) is 12.3 Å². The molecule has 0 heterocycles. The average Bonchev–Trinajstić information content (AvgIpc) is 2.29. The van der Waals surface area contributed by atoms with Gasteiger partial charge in [-0.3, -0.25) is 0 Å². The molecular formula is C9H13BClNO4S. The topological polar surface area (TPSA) is 86.6 Å². The lowest BCUT2D eigenvalue weighted by Gasteiger charge is -2.06. The van der Waals surface area contributed by atoms with Gasteiger partial charge in [-0.1, -0.05) is 12.1 Å². The van der Waals surface area contributed by atoms with Crippen LogP contribution >= 0.6 is 11.6 Å². The van der Waals surface area contributed by atoms with Crippen LogP contribution in [0.1, 0.15) is 6.42 Å². The van der Waals surface area contributed by atoms with Gasteiger partial charge in [0.05, 0.1) is 4.90 Å². The normalized spacial score (nSPS) is 11.5. The number of rotatable bonds is 6. The van der Waals surface area contributed by atoms with E-state index in [9.17, 15) is 8.42 Å². The summed E-state index contributed by atoms with van der Waals surface area (Å²) in [4.78, 5) is 0.0801. The molecule has 3 N–H and O–H groups in total. The minimum Gasteiger partial charge on any atom is -0.423 e. The molecule has 0 saturated heterocycles. The molecule has 0 aliphatic carbocycles. The molecule has 1 aromatic carbocycles. The zero-order valence-corrected chi connectivity index (χ0v) is 10.6. The van der Waals surface area contributed by atoms with Gasteiger partial charge in [-0.15, -0.1) is 11.6 Å². The van der Waals surface area contributed by atoms with Gasteiger partial charge in [-0.05, 0) is 24.0 Å². The summed E-state index contributed by atoms with van der Waals surface area (Å²) in [6.07, 6.45) is 0.550. The molecule has 94 valence electrons. The van der Waals surface area contributed by atoms with Gasteiger partial charge in [0.2, 0.25) is 10.0 Å². The predicted octanol–water partition coefficient (Wildman–Crippen LogP) is -0.726. The molecule has 0 bridgehead atoms. The molecule has 0 aliphatic rings. The van der Waals surface area contributed by atoms with E-state index >= 15 is 0 Å². The van der Waals surface area contributed by atoms with Crippen LogP contribution in [0.25, 0.3) is 0 Å². The van der Waals surface area contributed by atoms with Crippen LogP contribution in [0.2, 0.25) is 0 Å². The van der Waals surface area contributed by atoms with Gasteiger partial charge in [-0.2, -0.15) is 0 Å². The van der Waals surface area contributed by atoms with Crippen LogP contribution in [0.4, 0.5) is 0 Å². The van der Waals surface area contributed by atoms with E-state index in [2.05, 4.69) is 4.72 Å². The molecule has 0 spiro atoms. The third-order valence-electron chi connectivity index (χ3n) is 2.09. The van der Waals surface area contributed by atoms with Gasteiger partial charge in [0.1, 0.15) is 0 Å². The summed E-state index contributed by atoms with van der Waals surface area (Å²) in [7, 11) is -5.15. The molecule has 0 aromatic heterocycles. The van der Waals surface area contributed by atoms with Crippen molar-refractivity contribution < 1.29 is 18.5 Å². The molecule has 0 radical (unpaired) electrons. The maximum Gasteiger partial charge on any atom is 0.488 e. The van der Waals surface area contributed by atoms with Crippen molar-refractivity contribution in [3.63, 3.8) is 0 Å². The minimum absolute atomic E-state index is 0.0801. The first-order valence-corrected chi connectivity index (χ1v) is 7.01. The Morgan fingerprint density at radius 3 is 2.29 bits per heavy atom. The fourth-order valence-corrected chi connectivity index (χ4v) is 2.38. The highest BCUT2D eigenvalue weighted by Crippen LogP contribution is 2.06. The number of alkyl halides is 1. The molecule has 17 heavy (non-hydrogen) atoms. The molecule has 1 rings (SSSR count). The molecule has 5 nitrogen and oxygen atoms in total. The highest BCUT2D eigenvalue weighted by Gasteiger charge is 2.15. The first kappa shape index (κ1) is 14.5. The second-order valence-corrected chi connectivity index (χ2v) is 5.53. The summed E-state index contributed by atoms with van der Waals surface area (Å²) in [6.45, 7) is 0.274. The second kappa shape index (κ2) is 6.37. The Balaban J connectivity index is 2.78. The van der Waals surface area contributed by atoms with Crippen LogP contribution in [0.15, 0.2) is 29.2 Å². The van der Waals surface area contributed by atoms with Crippen molar-refractivity contribution in [2.45, 2.75) is 11.3 Å². The Bertz CT molecular complexity index is 449. The Labute approximate surface area is 106 Å². The lowest BCUT2D eigenvalue weighted by molar-refractivity contribution is 0.425. The highest BCUT2D eigenvalue weighted by atomic mass is 35.5. The van der Waals surface area contributed by atoms with Crippen molar-refractivity contribution in [1.29, 1.82) is 0 Å². The summed E-state index contributed by atoms with van der Waals surface area (Å²) < 4.78 is 25.8. The Morgan fingerprint density at radius 1 is 1.24 bits per heavy atom. The zero-order valence-electron chi connectivity index (χ0n) is 9.01. The van der Waals surface area contributed by atoms with Crippen LogP contribution in [0.3, 0.4) is 0 Å². The first-order valence-electron chi connectivity index (χ1n) is 4.99. The van der Waals surface area contributed by atoms with E-state index in [0.717, 1.165) is 0 Å². The maximum atomic E-state index is 11.7. The third kappa shape index (κ3) is 4.29. The molecule has 0 saturated carbocycles. The summed E-state index contributed by atoms with van der Waals surface area (Å²) in [5, 5.41) is 17.7. The fourth-order valence-electron chi connectivity index (χ4n) is 1.18. The number of halogens is 1. The maximum absolute atomic E-state index is 11.7. The first-order chi connectivity index (χ1) is 7.97. The monoisotopic (exact) mass is 277 g/mol. The van der Waals surface area contributed by atoms with E-state index < -0.39 is 17.1 Å². The van der Waals surface area contributed by atoms with E-state index in [1.165, 1.54) is 24.3 Å². The number of hydrogen-bond donors (Lipinski definition) is 3. The van der Waals surface area contributed by atoms with Crippen LogP contribution < -0.4 is 10.2 Å². The van der Waals surface area contributed by atoms with E-state index in [1.54, 1.807) is 0 Å². The number of nitrogens with one attached hydrogen (secondary N) is 1. The van der Waals surface area contributed by atoms with Crippen molar-refractivity contribution in [2.24, 2.45) is 0 Å². The molecule has 0 aliphatic heterocycles. The Morgan fingerprint density at radius 2 is 1.82 bits per heavy atom. The van der Waals surface area contributed by atoms with Gasteiger partial charge in [0.15, 0.2) is 0 Å². The van der Waals surface area contributed by atoms with E-state index in [1.807, 2.05) is 0 Å². The molecular weight excluding hydrogens is 264 g/mol. The largest absolute Gasteiger partial charge is 0.488 e. The molecule has 8 heteroatoms. The van der Waals surface area contributed by atoms with Crippen LogP contribution in [-0.2, 0) is 10.0 Å². The Kier molecular flexibility index (Phi) is 5.42. The van der Waals surface area contributed by atoms with Crippen molar-refractivity contribution in [3.05, 3.63) is 24.3 Å². The lowest BCUT2D eigenvalue weighted by atomic mass is 9.81. The van der Waals surface area contributed by atoms with Gasteiger partial charge in [0.25, 0.3) is 0 Å². The van der Waals surface area contributed by atoms with E-state index in [4.69, 9.17) is 21.6 Å². The van der Waals surface area contributed by atoms with Crippen LogP contribution in [-0.4, -0.2) is 38.0 Å². The molecule has 0 amide bonds. The van der Waals surface area contributed by atoms with Gasteiger partial charge >= 0.3 is 7.12 Å².